The Morgan fingerprint density at radius 3 is 2.05 bits per heavy atom. The Morgan fingerprint density at radius 1 is 1.05 bits per heavy atom. The van der Waals surface area contributed by atoms with Crippen molar-refractivity contribution in [1.82, 2.24) is 9.80 Å². The average molecular weight is 290 g/mol. The van der Waals surface area contributed by atoms with Crippen LogP contribution in [0.2, 0.25) is 0 Å². The molecule has 1 heterocycles. The van der Waals surface area contributed by atoms with Crippen molar-refractivity contribution < 1.29 is 5.11 Å². The molecule has 118 valence electrons. The van der Waals surface area contributed by atoms with Crippen LogP contribution in [0.25, 0.3) is 0 Å². The molecular weight excluding hydrogens is 260 g/mol. The van der Waals surface area contributed by atoms with Crippen LogP contribution in [0.15, 0.2) is 30.3 Å². The van der Waals surface area contributed by atoms with Gasteiger partial charge in [0.2, 0.25) is 0 Å². The number of benzene rings is 1. The second kappa shape index (κ2) is 6.91. The van der Waals surface area contributed by atoms with Gasteiger partial charge < -0.3 is 5.11 Å². The molecule has 0 amide bonds. The van der Waals surface area contributed by atoms with Crippen LogP contribution in [0, 0.1) is 5.92 Å². The smallest absolute Gasteiger partial charge is 0.0947 e. The van der Waals surface area contributed by atoms with Gasteiger partial charge in [0.25, 0.3) is 0 Å². The maximum atomic E-state index is 10.9. The third-order valence-electron chi connectivity index (χ3n) is 4.96. The first-order chi connectivity index (χ1) is 9.91. The van der Waals surface area contributed by atoms with Gasteiger partial charge in [0, 0.05) is 31.2 Å². The van der Waals surface area contributed by atoms with Gasteiger partial charge in [0.15, 0.2) is 0 Å². The molecule has 0 spiro atoms. The number of rotatable bonds is 4. The molecule has 1 aromatic carbocycles. The molecule has 2 rings (SSSR count). The highest BCUT2D eigenvalue weighted by Crippen LogP contribution is 2.29. The maximum absolute atomic E-state index is 10.9. The quantitative estimate of drug-likeness (QED) is 0.923. The lowest BCUT2D eigenvalue weighted by Crippen LogP contribution is -2.59. The predicted molar refractivity (Wildman–Crippen MR) is 88.3 cm³/mol. The fourth-order valence-corrected chi connectivity index (χ4v) is 3.52. The largest absolute Gasteiger partial charge is 0.387 e. The first kappa shape index (κ1) is 16.5. The number of nitrogens with zero attached hydrogens (tertiary/aromatic N) is 2. The van der Waals surface area contributed by atoms with Gasteiger partial charge in [0.05, 0.1) is 6.10 Å². The van der Waals surface area contributed by atoms with Gasteiger partial charge in [-0.15, -0.1) is 0 Å². The SMILES string of the molecule is CC(C)C(C(O)c1ccccc1)N1CC(C)N(C)C(C)C1. The van der Waals surface area contributed by atoms with Gasteiger partial charge in [-0.2, -0.15) is 0 Å². The molecular formula is C18H30N2O. The van der Waals surface area contributed by atoms with E-state index in [9.17, 15) is 5.11 Å². The summed E-state index contributed by atoms with van der Waals surface area (Å²) in [6.07, 6.45) is -0.422. The summed E-state index contributed by atoms with van der Waals surface area (Å²) in [6.45, 7) is 11.0. The van der Waals surface area contributed by atoms with E-state index < -0.39 is 6.10 Å². The highest BCUT2D eigenvalue weighted by atomic mass is 16.3. The van der Waals surface area contributed by atoms with Gasteiger partial charge in [-0.25, -0.2) is 0 Å². The van der Waals surface area contributed by atoms with E-state index in [2.05, 4.69) is 44.5 Å². The first-order valence-corrected chi connectivity index (χ1v) is 8.10. The van der Waals surface area contributed by atoms with Crippen molar-refractivity contribution in [2.75, 3.05) is 20.1 Å². The molecule has 1 N–H and O–H groups in total. The molecule has 3 heteroatoms. The van der Waals surface area contributed by atoms with Crippen molar-refractivity contribution in [2.45, 2.75) is 51.9 Å². The van der Waals surface area contributed by atoms with Crippen LogP contribution in [-0.4, -0.2) is 53.2 Å². The van der Waals surface area contributed by atoms with E-state index in [1.165, 1.54) is 0 Å². The van der Waals surface area contributed by atoms with Crippen LogP contribution < -0.4 is 0 Å². The normalized spacial score (nSPS) is 27.8. The molecule has 1 fully saturated rings. The minimum Gasteiger partial charge on any atom is -0.387 e. The predicted octanol–water partition coefficient (Wildman–Crippen LogP) is 2.77. The molecule has 0 aromatic heterocycles. The molecule has 4 atom stereocenters. The Hall–Kier alpha value is -0.900. The van der Waals surface area contributed by atoms with E-state index in [4.69, 9.17) is 0 Å². The molecule has 0 bridgehead atoms. The summed E-state index contributed by atoms with van der Waals surface area (Å²) in [7, 11) is 2.20. The van der Waals surface area contributed by atoms with E-state index in [1.807, 2.05) is 30.3 Å². The Kier molecular flexibility index (Phi) is 5.42. The average Bonchev–Trinajstić information content (AvgIpc) is 2.45. The van der Waals surface area contributed by atoms with Crippen molar-refractivity contribution in [3.05, 3.63) is 35.9 Å². The van der Waals surface area contributed by atoms with Gasteiger partial charge in [-0.3, -0.25) is 9.80 Å². The molecule has 0 radical (unpaired) electrons. The number of hydrogen-bond donors (Lipinski definition) is 1. The molecule has 1 aromatic rings. The van der Waals surface area contributed by atoms with Crippen molar-refractivity contribution in [3.63, 3.8) is 0 Å². The molecule has 0 saturated carbocycles. The highest BCUT2D eigenvalue weighted by molar-refractivity contribution is 5.19. The lowest BCUT2D eigenvalue weighted by molar-refractivity contribution is -0.0318. The summed E-state index contributed by atoms with van der Waals surface area (Å²) in [5.41, 5.74) is 1.02. The fraction of sp³-hybridized carbons (Fsp3) is 0.667. The van der Waals surface area contributed by atoms with Crippen LogP contribution >= 0.6 is 0 Å². The minimum atomic E-state index is -0.422. The number of hydrogen-bond acceptors (Lipinski definition) is 3. The van der Waals surface area contributed by atoms with Crippen molar-refractivity contribution >= 4 is 0 Å². The van der Waals surface area contributed by atoms with Gasteiger partial charge in [-0.1, -0.05) is 44.2 Å². The molecule has 4 unspecified atom stereocenters. The third kappa shape index (κ3) is 3.65. The van der Waals surface area contributed by atoms with E-state index in [1.54, 1.807) is 0 Å². The third-order valence-corrected chi connectivity index (χ3v) is 4.96. The maximum Gasteiger partial charge on any atom is 0.0947 e. The molecule has 1 aliphatic heterocycles. The van der Waals surface area contributed by atoms with E-state index in [0.29, 0.717) is 18.0 Å². The first-order valence-electron chi connectivity index (χ1n) is 8.10. The zero-order chi connectivity index (χ0) is 15.6. The van der Waals surface area contributed by atoms with Crippen molar-refractivity contribution in [2.24, 2.45) is 5.92 Å². The van der Waals surface area contributed by atoms with Crippen LogP contribution in [0.5, 0.6) is 0 Å². The Morgan fingerprint density at radius 2 is 1.57 bits per heavy atom. The monoisotopic (exact) mass is 290 g/mol. The minimum absolute atomic E-state index is 0.172. The number of piperazine rings is 1. The Labute approximate surface area is 129 Å². The van der Waals surface area contributed by atoms with Crippen LogP contribution in [0.4, 0.5) is 0 Å². The topological polar surface area (TPSA) is 26.7 Å². The van der Waals surface area contributed by atoms with Crippen LogP contribution in [0.3, 0.4) is 0 Å². The van der Waals surface area contributed by atoms with Gasteiger partial charge in [-0.05, 0) is 32.4 Å². The fourth-order valence-electron chi connectivity index (χ4n) is 3.52. The molecule has 0 aliphatic carbocycles. The molecule has 3 nitrogen and oxygen atoms in total. The Bertz CT molecular complexity index is 422. The Balaban J connectivity index is 2.19. The second-order valence-electron chi connectivity index (χ2n) is 6.91. The van der Waals surface area contributed by atoms with Crippen molar-refractivity contribution in [1.29, 1.82) is 0 Å². The standard InChI is InChI=1S/C18H30N2O/c1-13(2)17(18(21)16-9-7-6-8-10-16)20-11-14(3)19(5)15(4)12-20/h6-10,13-15,17-18,21H,11-12H2,1-5H3. The second-order valence-corrected chi connectivity index (χ2v) is 6.91. The van der Waals surface area contributed by atoms with Crippen LogP contribution in [0.1, 0.15) is 39.4 Å². The van der Waals surface area contributed by atoms with Crippen molar-refractivity contribution in [3.8, 4) is 0 Å². The lowest BCUT2D eigenvalue weighted by Gasteiger charge is -2.48. The van der Waals surface area contributed by atoms with Crippen LogP contribution in [-0.2, 0) is 0 Å². The van der Waals surface area contributed by atoms with E-state index in [-0.39, 0.29) is 6.04 Å². The molecule has 21 heavy (non-hydrogen) atoms. The highest BCUT2D eigenvalue weighted by Gasteiger charge is 2.35. The zero-order valence-electron chi connectivity index (χ0n) is 14.0. The summed E-state index contributed by atoms with van der Waals surface area (Å²) in [4.78, 5) is 4.92. The summed E-state index contributed by atoms with van der Waals surface area (Å²) >= 11 is 0. The van der Waals surface area contributed by atoms with Gasteiger partial charge >= 0.3 is 0 Å². The summed E-state index contributed by atoms with van der Waals surface area (Å²) in [6, 6.07) is 11.3. The molecule has 1 saturated heterocycles. The molecule has 1 aliphatic rings. The summed E-state index contributed by atoms with van der Waals surface area (Å²) in [5.74, 6) is 0.419. The zero-order valence-corrected chi connectivity index (χ0v) is 14.0. The van der Waals surface area contributed by atoms with E-state index >= 15 is 0 Å². The summed E-state index contributed by atoms with van der Waals surface area (Å²) < 4.78 is 0. The lowest BCUT2D eigenvalue weighted by atomic mass is 9.90. The van der Waals surface area contributed by atoms with E-state index in [0.717, 1.165) is 18.7 Å². The number of aliphatic hydroxyl groups is 1. The van der Waals surface area contributed by atoms with Gasteiger partial charge in [0.1, 0.15) is 0 Å². The number of likely N-dealkylation sites (N-methyl/N-ethyl adjacent to an activating group) is 1. The number of aliphatic hydroxyl groups excluding tert-OH is 1. The summed E-state index contributed by atoms with van der Waals surface area (Å²) in [5, 5.41) is 10.9.